The zero-order valence-electron chi connectivity index (χ0n) is 22.4. The fraction of sp³-hybridized carbons (Fsp3) is 0.310. The number of carbonyl (C=O) groups is 2. The first-order valence-corrected chi connectivity index (χ1v) is 14.8. The van der Waals surface area contributed by atoms with Gasteiger partial charge in [0, 0.05) is 28.2 Å². The van der Waals surface area contributed by atoms with E-state index in [0.717, 1.165) is 4.31 Å². The van der Waals surface area contributed by atoms with Crippen molar-refractivity contribution >= 4 is 50.7 Å². The third-order valence-electron chi connectivity index (χ3n) is 6.20. The van der Waals surface area contributed by atoms with E-state index in [0.29, 0.717) is 33.3 Å². The number of hydrogen-bond acceptors (Lipinski definition) is 4. The van der Waals surface area contributed by atoms with Crippen LogP contribution in [0.4, 0.5) is 5.69 Å². The molecule has 7 nitrogen and oxygen atoms in total. The largest absolute Gasteiger partial charge is 0.352 e. The van der Waals surface area contributed by atoms with E-state index in [-0.39, 0.29) is 23.4 Å². The standard InChI is InChI=1S/C29H33Cl2N3O4S/c1-5-26(29(36)32-20(2)3)33(18-23-24(30)15-11-16-25(23)31)28(35)19-34(27-17-10-9-12-21(27)4)39(37,38)22-13-7-6-8-14-22/h6-17,20,26H,5,18-19H2,1-4H3,(H,32,36)/t26-/m1/s1. The molecular weight excluding hydrogens is 557 g/mol. The number of nitrogens with zero attached hydrogens (tertiary/aromatic N) is 2. The summed E-state index contributed by atoms with van der Waals surface area (Å²) in [6.07, 6.45) is 0.294. The van der Waals surface area contributed by atoms with Gasteiger partial charge < -0.3 is 10.2 Å². The maximum atomic E-state index is 14.1. The van der Waals surface area contributed by atoms with Crippen LogP contribution in [0.2, 0.25) is 10.0 Å². The highest BCUT2D eigenvalue weighted by Crippen LogP contribution is 2.29. The normalized spacial score (nSPS) is 12.2. The van der Waals surface area contributed by atoms with Gasteiger partial charge in [-0.3, -0.25) is 13.9 Å². The predicted molar refractivity (Wildman–Crippen MR) is 157 cm³/mol. The summed E-state index contributed by atoms with van der Waals surface area (Å²) in [5.41, 5.74) is 1.51. The van der Waals surface area contributed by atoms with Crippen molar-refractivity contribution in [2.45, 2.75) is 57.6 Å². The van der Waals surface area contributed by atoms with Crippen molar-refractivity contribution in [2.24, 2.45) is 0 Å². The number of rotatable bonds is 11. The molecule has 0 unspecified atom stereocenters. The Labute approximate surface area is 240 Å². The molecule has 0 spiro atoms. The van der Waals surface area contributed by atoms with Gasteiger partial charge in [-0.1, -0.05) is 72.6 Å². The molecule has 0 aliphatic carbocycles. The second-order valence-corrected chi connectivity index (χ2v) is 12.1. The van der Waals surface area contributed by atoms with E-state index in [4.69, 9.17) is 23.2 Å². The van der Waals surface area contributed by atoms with Gasteiger partial charge in [-0.25, -0.2) is 8.42 Å². The van der Waals surface area contributed by atoms with Gasteiger partial charge in [-0.2, -0.15) is 0 Å². The van der Waals surface area contributed by atoms with Gasteiger partial charge in [-0.15, -0.1) is 0 Å². The van der Waals surface area contributed by atoms with E-state index >= 15 is 0 Å². The van der Waals surface area contributed by atoms with Gasteiger partial charge in [-0.05, 0) is 63.1 Å². The minimum absolute atomic E-state index is 0.0475. The Hall–Kier alpha value is -3.07. The minimum Gasteiger partial charge on any atom is -0.352 e. The van der Waals surface area contributed by atoms with Crippen molar-refractivity contribution in [1.29, 1.82) is 0 Å². The molecule has 39 heavy (non-hydrogen) atoms. The molecule has 2 amide bonds. The second-order valence-electron chi connectivity index (χ2n) is 9.42. The molecule has 0 aliphatic rings. The van der Waals surface area contributed by atoms with E-state index in [1.54, 1.807) is 74.5 Å². The number of aryl methyl sites for hydroxylation is 1. The number of nitrogens with one attached hydrogen (secondary N) is 1. The number of sulfonamides is 1. The lowest BCUT2D eigenvalue weighted by molar-refractivity contribution is -0.140. The smallest absolute Gasteiger partial charge is 0.264 e. The fourth-order valence-corrected chi connectivity index (χ4v) is 6.25. The van der Waals surface area contributed by atoms with Gasteiger partial charge in [0.2, 0.25) is 11.8 Å². The van der Waals surface area contributed by atoms with Gasteiger partial charge in [0.25, 0.3) is 10.0 Å². The number of carbonyl (C=O) groups excluding carboxylic acids is 2. The Bertz CT molecular complexity index is 1390. The van der Waals surface area contributed by atoms with Crippen LogP contribution in [0.25, 0.3) is 0 Å². The highest BCUT2D eigenvalue weighted by atomic mass is 35.5. The van der Waals surface area contributed by atoms with Crippen LogP contribution in [0.1, 0.15) is 38.3 Å². The Morgan fingerprint density at radius 2 is 1.49 bits per heavy atom. The first kappa shape index (κ1) is 30.5. The topological polar surface area (TPSA) is 86.8 Å². The van der Waals surface area contributed by atoms with Crippen LogP contribution in [-0.2, 0) is 26.2 Å². The van der Waals surface area contributed by atoms with Gasteiger partial charge in [0.1, 0.15) is 12.6 Å². The molecule has 1 N–H and O–H groups in total. The second kappa shape index (κ2) is 13.3. The predicted octanol–water partition coefficient (Wildman–Crippen LogP) is 5.83. The zero-order chi connectivity index (χ0) is 28.7. The molecule has 1 atom stereocenters. The summed E-state index contributed by atoms with van der Waals surface area (Å²) in [5, 5.41) is 3.54. The molecular formula is C29H33Cl2N3O4S. The lowest BCUT2D eigenvalue weighted by atomic mass is 10.1. The van der Waals surface area contributed by atoms with Gasteiger partial charge in [0.05, 0.1) is 10.6 Å². The van der Waals surface area contributed by atoms with Crippen molar-refractivity contribution in [2.75, 3.05) is 10.8 Å². The molecule has 0 fully saturated rings. The van der Waals surface area contributed by atoms with E-state index in [1.807, 2.05) is 13.8 Å². The van der Waals surface area contributed by atoms with Crippen molar-refractivity contribution in [3.63, 3.8) is 0 Å². The van der Waals surface area contributed by atoms with Crippen molar-refractivity contribution in [3.8, 4) is 0 Å². The average molecular weight is 591 g/mol. The maximum absolute atomic E-state index is 14.1. The zero-order valence-corrected chi connectivity index (χ0v) is 24.7. The molecule has 0 bridgehead atoms. The quantitative estimate of drug-likeness (QED) is 0.305. The van der Waals surface area contributed by atoms with E-state index in [2.05, 4.69) is 5.32 Å². The van der Waals surface area contributed by atoms with E-state index < -0.39 is 28.5 Å². The molecule has 0 saturated carbocycles. The van der Waals surface area contributed by atoms with Crippen LogP contribution in [0.15, 0.2) is 77.7 Å². The van der Waals surface area contributed by atoms with Crippen LogP contribution in [0.5, 0.6) is 0 Å². The monoisotopic (exact) mass is 589 g/mol. The number of amides is 2. The van der Waals surface area contributed by atoms with Crippen LogP contribution in [0.3, 0.4) is 0 Å². The Morgan fingerprint density at radius 3 is 2.05 bits per heavy atom. The number of para-hydroxylation sites is 1. The molecule has 10 heteroatoms. The molecule has 0 radical (unpaired) electrons. The Kier molecular flexibility index (Phi) is 10.4. The summed E-state index contributed by atoms with van der Waals surface area (Å²) in [5.74, 6) is -0.920. The van der Waals surface area contributed by atoms with Gasteiger partial charge >= 0.3 is 0 Å². The average Bonchev–Trinajstić information content (AvgIpc) is 2.89. The number of benzene rings is 3. The third-order valence-corrected chi connectivity index (χ3v) is 8.68. The summed E-state index contributed by atoms with van der Waals surface area (Å²) in [6.45, 7) is 6.62. The lowest BCUT2D eigenvalue weighted by Crippen LogP contribution is -2.53. The summed E-state index contributed by atoms with van der Waals surface area (Å²) in [4.78, 5) is 28.7. The van der Waals surface area contributed by atoms with Crippen molar-refractivity contribution in [1.82, 2.24) is 10.2 Å². The van der Waals surface area contributed by atoms with Crippen molar-refractivity contribution in [3.05, 3.63) is 94.0 Å². The number of halogens is 2. The number of anilines is 1. The molecule has 3 aromatic carbocycles. The van der Waals surface area contributed by atoms with Crippen LogP contribution < -0.4 is 9.62 Å². The molecule has 0 heterocycles. The summed E-state index contributed by atoms with van der Waals surface area (Å²) in [6, 6.07) is 18.8. The lowest BCUT2D eigenvalue weighted by Gasteiger charge is -2.34. The van der Waals surface area contributed by atoms with E-state index in [1.165, 1.54) is 17.0 Å². The Balaban J connectivity index is 2.11. The van der Waals surface area contributed by atoms with Crippen LogP contribution in [-0.4, -0.2) is 43.8 Å². The first-order chi connectivity index (χ1) is 18.5. The minimum atomic E-state index is -4.13. The molecule has 208 valence electrons. The van der Waals surface area contributed by atoms with Crippen molar-refractivity contribution < 1.29 is 18.0 Å². The van der Waals surface area contributed by atoms with Gasteiger partial charge in [0.15, 0.2) is 0 Å². The Morgan fingerprint density at radius 1 is 0.897 bits per heavy atom. The first-order valence-electron chi connectivity index (χ1n) is 12.6. The molecule has 0 aromatic heterocycles. The maximum Gasteiger partial charge on any atom is 0.264 e. The molecule has 3 rings (SSSR count). The summed E-state index contributed by atoms with van der Waals surface area (Å²) >= 11 is 12.9. The highest BCUT2D eigenvalue weighted by molar-refractivity contribution is 7.92. The summed E-state index contributed by atoms with van der Waals surface area (Å²) in [7, 11) is -4.13. The SMILES string of the molecule is CC[C@H](C(=O)NC(C)C)N(Cc1c(Cl)cccc1Cl)C(=O)CN(c1ccccc1C)S(=O)(=O)c1ccccc1. The highest BCUT2D eigenvalue weighted by Gasteiger charge is 2.34. The number of hydrogen-bond donors (Lipinski definition) is 1. The summed E-state index contributed by atoms with van der Waals surface area (Å²) < 4.78 is 28.8. The van der Waals surface area contributed by atoms with Crippen LogP contribution in [0, 0.1) is 6.92 Å². The van der Waals surface area contributed by atoms with E-state index in [9.17, 15) is 18.0 Å². The molecule has 3 aromatic rings. The molecule has 0 aliphatic heterocycles. The third kappa shape index (κ3) is 7.32. The fourth-order valence-electron chi connectivity index (χ4n) is 4.23. The molecule has 0 saturated heterocycles. The van der Waals surface area contributed by atoms with Crippen LogP contribution >= 0.6 is 23.2 Å².